The predicted octanol–water partition coefficient (Wildman–Crippen LogP) is 3.43. The number of benzene rings is 1. The van der Waals surface area contributed by atoms with Crippen molar-refractivity contribution < 1.29 is 19.5 Å². The lowest BCUT2D eigenvalue weighted by Crippen LogP contribution is -2.31. The molecule has 156 valence electrons. The molecule has 3 N–H and O–H groups in total. The van der Waals surface area contributed by atoms with Crippen LogP contribution in [-0.4, -0.2) is 51.4 Å². The van der Waals surface area contributed by atoms with E-state index in [1.54, 1.807) is 24.3 Å². The van der Waals surface area contributed by atoms with Crippen molar-refractivity contribution in [1.29, 1.82) is 0 Å². The van der Waals surface area contributed by atoms with E-state index in [9.17, 15) is 14.4 Å². The molecule has 0 fully saturated rings. The number of aromatic nitrogens is 2. The van der Waals surface area contributed by atoms with Crippen LogP contribution in [0.1, 0.15) is 23.0 Å². The minimum atomic E-state index is -1.07. The monoisotopic (exact) mass is 445 g/mol. The second-order valence-corrected chi connectivity index (χ2v) is 8.27. The first-order chi connectivity index (χ1) is 14.2. The quantitative estimate of drug-likeness (QED) is 0.509. The molecular weight excluding hydrogens is 426 g/mol. The maximum Gasteiger partial charge on any atom is 0.323 e. The Morgan fingerprint density at radius 3 is 2.47 bits per heavy atom. The average Bonchev–Trinajstić information content (AvgIpc) is 3.26. The Morgan fingerprint density at radius 2 is 1.83 bits per heavy atom. The molecule has 3 rings (SSSR count). The van der Waals surface area contributed by atoms with E-state index in [4.69, 9.17) is 5.11 Å². The van der Waals surface area contributed by atoms with Crippen molar-refractivity contribution in [2.45, 2.75) is 13.8 Å². The van der Waals surface area contributed by atoms with E-state index < -0.39 is 5.97 Å². The van der Waals surface area contributed by atoms with Crippen LogP contribution in [0, 0.1) is 6.92 Å². The molecule has 0 spiro atoms. The molecule has 1 aromatic carbocycles. The smallest absolute Gasteiger partial charge is 0.323 e. The second-order valence-electron chi connectivity index (χ2n) is 6.41. The van der Waals surface area contributed by atoms with Gasteiger partial charge in [0, 0.05) is 30.6 Å². The van der Waals surface area contributed by atoms with Gasteiger partial charge in [-0.25, -0.2) is 9.97 Å². The number of nitrogens with one attached hydrogen (secondary N) is 2. The van der Waals surface area contributed by atoms with Gasteiger partial charge in [0.15, 0.2) is 10.3 Å². The number of carboxylic acid groups (broad SMARTS) is 1. The van der Waals surface area contributed by atoms with Gasteiger partial charge in [0.1, 0.15) is 6.54 Å². The van der Waals surface area contributed by atoms with Crippen LogP contribution in [0.5, 0.6) is 0 Å². The normalized spacial score (nSPS) is 10.5. The van der Waals surface area contributed by atoms with Crippen molar-refractivity contribution in [2.24, 2.45) is 0 Å². The van der Waals surface area contributed by atoms with E-state index in [0.29, 0.717) is 15.8 Å². The van der Waals surface area contributed by atoms with Crippen LogP contribution >= 0.6 is 22.7 Å². The number of carboxylic acids is 1. The van der Waals surface area contributed by atoms with Gasteiger partial charge in [0.2, 0.25) is 5.91 Å². The Labute approximate surface area is 180 Å². The Hall–Kier alpha value is -3.31. The lowest BCUT2D eigenvalue weighted by Gasteiger charge is -2.14. The molecule has 0 atom stereocenters. The number of aliphatic carboxylic acids is 1. The molecule has 30 heavy (non-hydrogen) atoms. The third kappa shape index (κ3) is 5.19. The van der Waals surface area contributed by atoms with Crippen LogP contribution in [0.15, 0.2) is 29.6 Å². The van der Waals surface area contributed by atoms with E-state index in [1.165, 1.54) is 36.6 Å². The first kappa shape index (κ1) is 21.4. The molecular formula is C19H19N5O4S2. The molecule has 9 nitrogen and oxygen atoms in total. The van der Waals surface area contributed by atoms with Crippen molar-refractivity contribution in [3.05, 3.63) is 40.9 Å². The van der Waals surface area contributed by atoms with Crippen molar-refractivity contribution in [2.75, 3.05) is 24.2 Å². The van der Waals surface area contributed by atoms with Crippen LogP contribution in [0.3, 0.4) is 0 Å². The summed E-state index contributed by atoms with van der Waals surface area (Å²) < 4.78 is 0. The Bertz CT molecular complexity index is 1090. The summed E-state index contributed by atoms with van der Waals surface area (Å²) in [6, 6.07) is 6.72. The van der Waals surface area contributed by atoms with Gasteiger partial charge in [-0.2, -0.15) is 0 Å². The fraction of sp³-hybridized carbons (Fsp3) is 0.211. The topological polar surface area (TPSA) is 125 Å². The Balaban J connectivity index is 1.69. The van der Waals surface area contributed by atoms with Crippen LogP contribution in [-0.2, 0) is 9.59 Å². The van der Waals surface area contributed by atoms with Gasteiger partial charge in [0.05, 0.1) is 16.3 Å². The van der Waals surface area contributed by atoms with Gasteiger partial charge in [-0.1, -0.05) is 11.3 Å². The molecule has 0 bridgehead atoms. The SMILES string of the molecule is CC(=O)Nc1nc(C)c(-c2csc(Nc3ccc(C(=O)N(C)CC(=O)O)cc3)n2)s1. The number of aryl methyl sites for hydroxylation is 1. The van der Waals surface area contributed by atoms with E-state index in [2.05, 4.69) is 20.6 Å². The molecule has 0 aliphatic carbocycles. The standard InChI is InChI=1S/C19H19N5O4S2/c1-10-16(30-19(20-10)21-11(2)25)14-9-29-18(23-14)22-13-6-4-12(5-7-13)17(28)24(3)8-15(26)27/h4-7,9H,8H2,1-3H3,(H,22,23)(H,26,27)(H,20,21,25). The minimum Gasteiger partial charge on any atom is -0.480 e. The third-order valence-electron chi connectivity index (χ3n) is 3.92. The summed E-state index contributed by atoms with van der Waals surface area (Å²) in [7, 11) is 1.44. The zero-order chi connectivity index (χ0) is 21.8. The summed E-state index contributed by atoms with van der Waals surface area (Å²) >= 11 is 2.78. The number of likely N-dealkylation sites (N-methyl/N-ethyl adjacent to an activating group) is 1. The molecule has 11 heteroatoms. The number of amides is 2. The second kappa shape index (κ2) is 9.01. The number of anilines is 3. The number of carbonyl (C=O) groups excluding carboxylic acids is 2. The maximum absolute atomic E-state index is 12.2. The Morgan fingerprint density at radius 1 is 1.13 bits per heavy atom. The van der Waals surface area contributed by atoms with Crippen LogP contribution in [0.25, 0.3) is 10.6 Å². The minimum absolute atomic E-state index is 0.174. The van der Waals surface area contributed by atoms with Gasteiger partial charge >= 0.3 is 5.97 Å². The van der Waals surface area contributed by atoms with E-state index >= 15 is 0 Å². The van der Waals surface area contributed by atoms with E-state index in [-0.39, 0.29) is 18.4 Å². The predicted molar refractivity (Wildman–Crippen MR) is 117 cm³/mol. The van der Waals surface area contributed by atoms with Crippen LogP contribution < -0.4 is 10.6 Å². The highest BCUT2D eigenvalue weighted by molar-refractivity contribution is 7.20. The van der Waals surface area contributed by atoms with Crippen LogP contribution in [0.2, 0.25) is 0 Å². The molecule has 0 saturated heterocycles. The molecule has 0 aliphatic heterocycles. The maximum atomic E-state index is 12.2. The molecule has 0 saturated carbocycles. The number of carbonyl (C=O) groups is 3. The fourth-order valence-corrected chi connectivity index (χ4v) is 4.36. The van der Waals surface area contributed by atoms with Crippen molar-refractivity contribution in [1.82, 2.24) is 14.9 Å². The van der Waals surface area contributed by atoms with Gasteiger partial charge in [-0.15, -0.1) is 11.3 Å². The molecule has 2 amide bonds. The lowest BCUT2D eigenvalue weighted by atomic mass is 10.2. The van der Waals surface area contributed by atoms with Gasteiger partial charge in [-0.05, 0) is 31.2 Å². The highest BCUT2D eigenvalue weighted by Crippen LogP contribution is 2.35. The summed E-state index contributed by atoms with van der Waals surface area (Å²) in [5, 5.41) is 17.8. The lowest BCUT2D eigenvalue weighted by molar-refractivity contribution is -0.137. The Kier molecular flexibility index (Phi) is 6.43. The summed E-state index contributed by atoms with van der Waals surface area (Å²) in [5.41, 5.74) is 2.69. The van der Waals surface area contributed by atoms with Crippen molar-refractivity contribution in [3.63, 3.8) is 0 Å². The molecule has 2 heterocycles. The van der Waals surface area contributed by atoms with E-state index in [0.717, 1.165) is 26.9 Å². The zero-order valence-electron chi connectivity index (χ0n) is 16.4. The average molecular weight is 446 g/mol. The number of hydrogen-bond donors (Lipinski definition) is 3. The zero-order valence-corrected chi connectivity index (χ0v) is 18.1. The number of rotatable bonds is 7. The molecule has 3 aromatic rings. The van der Waals surface area contributed by atoms with Gasteiger partial charge in [-0.3, -0.25) is 14.4 Å². The summed E-state index contributed by atoms with van der Waals surface area (Å²) in [6.07, 6.45) is 0. The largest absolute Gasteiger partial charge is 0.480 e. The highest BCUT2D eigenvalue weighted by atomic mass is 32.1. The van der Waals surface area contributed by atoms with E-state index in [1.807, 2.05) is 12.3 Å². The van der Waals surface area contributed by atoms with Gasteiger partial charge in [0.25, 0.3) is 5.91 Å². The summed E-state index contributed by atoms with van der Waals surface area (Å²) in [4.78, 5) is 45.1. The fourth-order valence-electron chi connectivity index (χ4n) is 2.59. The van der Waals surface area contributed by atoms with Gasteiger partial charge < -0.3 is 20.6 Å². The molecule has 0 unspecified atom stereocenters. The summed E-state index contributed by atoms with van der Waals surface area (Å²) in [6.45, 7) is 2.94. The molecule has 2 aromatic heterocycles. The molecule has 0 radical (unpaired) electrons. The number of hydrogen-bond acceptors (Lipinski definition) is 8. The highest BCUT2D eigenvalue weighted by Gasteiger charge is 2.16. The third-order valence-corrected chi connectivity index (χ3v) is 5.77. The van der Waals surface area contributed by atoms with Crippen molar-refractivity contribution >= 4 is 56.4 Å². The first-order valence-electron chi connectivity index (χ1n) is 8.78. The number of thiazole rings is 2. The summed E-state index contributed by atoms with van der Waals surface area (Å²) in [5.74, 6) is -1.60. The van der Waals surface area contributed by atoms with Crippen molar-refractivity contribution in [3.8, 4) is 10.6 Å². The van der Waals surface area contributed by atoms with Crippen LogP contribution in [0.4, 0.5) is 16.0 Å². The first-order valence-corrected chi connectivity index (χ1v) is 10.5. The number of nitrogens with zero attached hydrogens (tertiary/aromatic N) is 3. The molecule has 0 aliphatic rings.